The van der Waals surface area contributed by atoms with Crippen molar-refractivity contribution in [2.24, 2.45) is 0 Å². The molecule has 0 aromatic heterocycles. The highest BCUT2D eigenvalue weighted by molar-refractivity contribution is 6.31. The Morgan fingerprint density at radius 1 is 1.46 bits per heavy atom. The molecular formula is C12H13Cl. The van der Waals surface area contributed by atoms with Crippen LogP contribution in [0, 0.1) is 0 Å². The van der Waals surface area contributed by atoms with Gasteiger partial charge < -0.3 is 0 Å². The Bertz CT molecular complexity index is 347. The van der Waals surface area contributed by atoms with Crippen LogP contribution in [0.2, 0.25) is 0 Å². The molecule has 0 nitrogen and oxygen atoms in total. The second kappa shape index (κ2) is 4.32. The smallest absolute Gasteiger partial charge is 0.0409 e. The molecule has 0 radical (unpaired) electrons. The molecule has 0 atom stereocenters. The van der Waals surface area contributed by atoms with Crippen molar-refractivity contribution < 1.29 is 0 Å². The third kappa shape index (κ3) is 2.77. The zero-order chi connectivity index (χ0) is 9.84. The predicted octanol–water partition coefficient (Wildman–Crippen LogP) is 4.12. The maximum Gasteiger partial charge on any atom is 0.0409 e. The third-order valence-electron chi connectivity index (χ3n) is 2.11. The average molecular weight is 193 g/mol. The Kier molecular flexibility index (Phi) is 3.36. The first-order valence-electron chi connectivity index (χ1n) is 4.26. The van der Waals surface area contributed by atoms with Crippen molar-refractivity contribution >= 4 is 11.6 Å². The molecular weight excluding hydrogens is 180 g/mol. The lowest BCUT2D eigenvalue weighted by Crippen LogP contribution is -1.83. The summed E-state index contributed by atoms with van der Waals surface area (Å²) in [6.07, 6.45) is 7.01. The summed E-state index contributed by atoms with van der Waals surface area (Å²) in [7, 11) is 0. The lowest BCUT2D eigenvalue weighted by atomic mass is 10.1. The van der Waals surface area contributed by atoms with Gasteiger partial charge in [-0.1, -0.05) is 30.3 Å². The van der Waals surface area contributed by atoms with Crippen LogP contribution in [0.3, 0.4) is 0 Å². The van der Waals surface area contributed by atoms with Crippen molar-refractivity contribution in [1.29, 1.82) is 0 Å². The molecule has 0 saturated carbocycles. The van der Waals surface area contributed by atoms with Gasteiger partial charge in [-0.25, -0.2) is 0 Å². The molecule has 0 unspecified atom stereocenters. The van der Waals surface area contributed by atoms with E-state index in [-0.39, 0.29) is 0 Å². The lowest BCUT2D eigenvalue weighted by molar-refractivity contribution is 1.25. The standard InChI is InChI=1S/C12H13Cl/c1-9-5-4-6-12(11(3)13)8-7-10(9)2/h5-6,8H,3-4H2,1-2H3/b9-5?,12-6+. The molecule has 0 aliphatic heterocycles. The number of allylic oxidation sites excluding steroid dienone is 6. The first-order chi connectivity index (χ1) is 6.11. The Labute approximate surface area is 84.6 Å². The highest BCUT2D eigenvalue weighted by atomic mass is 35.5. The van der Waals surface area contributed by atoms with Gasteiger partial charge >= 0.3 is 0 Å². The van der Waals surface area contributed by atoms with Crippen LogP contribution in [-0.4, -0.2) is 0 Å². The molecule has 0 fully saturated rings. The van der Waals surface area contributed by atoms with Crippen molar-refractivity contribution in [2.75, 3.05) is 0 Å². The maximum absolute atomic E-state index is 5.80. The normalized spacial score (nSPS) is 20.7. The van der Waals surface area contributed by atoms with Gasteiger partial charge in [0.1, 0.15) is 0 Å². The molecule has 0 spiro atoms. The van der Waals surface area contributed by atoms with E-state index >= 15 is 0 Å². The summed E-state index contributed by atoms with van der Waals surface area (Å²) < 4.78 is 0. The second-order valence-electron chi connectivity index (χ2n) is 3.10. The van der Waals surface area contributed by atoms with Crippen molar-refractivity contribution in [3.63, 3.8) is 0 Å². The topological polar surface area (TPSA) is 0 Å². The molecule has 1 aliphatic rings. The minimum atomic E-state index is 0.577. The minimum absolute atomic E-state index is 0.577. The van der Waals surface area contributed by atoms with Gasteiger partial charge in [0.05, 0.1) is 0 Å². The zero-order valence-corrected chi connectivity index (χ0v) is 8.78. The first-order valence-corrected chi connectivity index (χ1v) is 4.64. The fraction of sp³-hybridized carbons (Fsp3) is 0.250. The molecule has 0 saturated heterocycles. The number of rotatable bonds is 1. The van der Waals surface area contributed by atoms with E-state index in [1.807, 2.05) is 13.0 Å². The summed E-state index contributed by atoms with van der Waals surface area (Å²) in [6.45, 7) is 7.82. The van der Waals surface area contributed by atoms with Gasteiger partial charge in [0.25, 0.3) is 0 Å². The van der Waals surface area contributed by atoms with E-state index in [1.54, 1.807) is 0 Å². The van der Waals surface area contributed by atoms with Crippen LogP contribution in [0.15, 0.2) is 52.3 Å². The van der Waals surface area contributed by atoms with Crippen LogP contribution in [0.5, 0.6) is 0 Å². The average Bonchev–Trinajstić information content (AvgIpc) is 2.06. The van der Waals surface area contributed by atoms with Crippen LogP contribution in [0.1, 0.15) is 20.3 Å². The third-order valence-corrected chi connectivity index (χ3v) is 2.33. The maximum atomic E-state index is 5.80. The summed E-state index contributed by atoms with van der Waals surface area (Å²) in [5, 5.41) is 0.577. The number of hydrogen-bond donors (Lipinski definition) is 0. The van der Waals surface area contributed by atoms with Gasteiger partial charge in [-0.2, -0.15) is 0 Å². The fourth-order valence-corrected chi connectivity index (χ4v) is 1.20. The largest absolute Gasteiger partial charge is 0.117 e. The second-order valence-corrected chi connectivity index (χ2v) is 3.56. The van der Waals surface area contributed by atoms with Crippen molar-refractivity contribution in [3.05, 3.63) is 52.3 Å². The van der Waals surface area contributed by atoms with E-state index in [0.717, 1.165) is 17.6 Å². The molecule has 13 heavy (non-hydrogen) atoms. The summed E-state index contributed by atoms with van der Waals surface area (Å²) in [6, 6.07) is 0. The minimum Gasteiger partial charge on any atom is -0.117 e. The summed E-state index contributed by atoms with van der Waals surface area (Å²) in [5.74, 6) is 0. The first kappa shape index (κ1) is 10.1. The summed E-state index contributed by atoms with van der Waals surface area (Å²) >= 11 is 5.80. The van der Waals surface area contributed by atoms with Crippen molar-refractivity contribution in [2.45, 2.75) is 20.3 Å². The highest BCUT2D eigenvalue weighted by Gasteiger charge is 1.98. The molecule has 0 N–H and O–H groups in total. The summed E-state index contributed by atoms with van der Waals surface area (Å²) in [4.78, 5) is 0. The molecule has 0 aromatic carbocycles. The molecule has 1 rings (SSSR count). The number of hydrogen-bond acceptors (Lipinski definition) is 0. The summed E-state index contributed by atoms with van der Waals surface area (Å²) in [5.41, 5.74) is 6.56. The van der Waals surface area contributed by atoms with E-state index in [0.29, 0.717) is 5.03 Å². The van der Waals surface area contributed by atoms with Gasteiger partial charge in [-0.15, -0.1) is 5.73 Å². The molecule has 1 heteroatoms. The van der Waals surface area contributed by atoms with E-state index in [2.05, 4.69) is 31.4 Å². The van der Waals surface area contributed by atoms with E-state index in [4.69, 9.17) is 11.6 Å². The fourth-order valence-electron chi connectivity index (χ4n) is 1.06. The predicted molar refractivity (Wildman–Crippen MR) is 58.7 cm³/mol. The van der Waals surface area contributed by atoms with Gasteiger partial charge in [0.15, 0.2) is 0 Å². The molecule has 0 heterocycles. The SMILES string of the molecule is C=C(Cl)/C1=C/CC=C(C)C(C)=C=C1. The van der Waals surface area contributed by atoms with Crippen molar-refractivity contribution in [1.82, 2.24) is 0 Å². The van der Waals surface area contributed by atoms with Crippen LogP contribution in [0.4, 0.5) is 0 Å². The van der Waals surface area contributed by atoms with Gasteiger partial charge in [-0.05, 0) is 43.1 Å². The van der Waals surface area contributed by atoms with Crippen molar-refractivity contribution in [3.8, 4) is 0 Å². The van der Waals surface area contributed by atoms with Gasteiger partial charge in [-0.3, -0.25) is 0 Å². The molecule has 0 bridgehead atoms. The van der Waals surface area contributed by atoms with Crippen LogP contribution in [-0.2, 0) is 0 Å². The monoisotopic (exact) mass is 192 g/mol. The Hall–Kier alpha value is -0.970. The van der Waals surface area contributed by atoms with E-state index in [9.17, 15) is 0 Å². The number of halogens is 1. The van der Waals surface area contributed by atoms with E-state index < -0.39 is 0 Å². The molecule has 0 aromatic rings. The Morgan fingerprint density at radius 3 is 2.77 bits per heavy atom. The van der Waals surface area contributed by atoms with E-state index in [1.165, 1.54) is 5.57 Å². The van der Waals surface area contributed by atoms with Crippen LogP contribution in [0.25, 0.3) is 0 Å². The van der Waals surface area contributed by atoms with Gasteiger partial charge in [0.2, 0.25) is 0 Å². The lowest BCUT2D eigenvalue weighted by Gasteiger charge is -2.02. The highest BCUT2D eigenvalue weighted by Crippen LogP contribution is 2.18. The Morgan fingerprint density at radius 2 is 2.15 bits per heavy atom. The Balaban J connectivity index is 3.08. The molecule has 1 aliphatic carbocycles. The molecule has 0 amide bonds. The quantitative estimate of drug-likeness (QED) is 0.549. The van der Waals surface area contributed by atoms with Gasteiger partial charge in [0, 0.05) is 5.03 Å². The van der Waals surface area contributed by atoms with Crippen LogP contribution >= 0.6 is 11.6 Å². The zero-order valence-electron chi connectivity index (χ0n) is 8.02. The van der Waals surface area contributed by atoms with Crippen LogP contribution < -0.4 is 0 Å². The molecule has 68 valence electrons.